The van der Waals surface area contributed by atoms with Gasteiger partial charge in [-0.2, -0.15) is 13.2 Å². The predicted molar refractivity (Wildman–Crippen MR) is 63.3 cm³/mol. The minimum Gasteiger partial charge on any atom is -0.396 e. The molecule has 1 aliphatic carbocycles. The number of rotatable bonds is 3. The van der Waals surface area contributed by atoms with E-state index in [9.17, 15) is 18.3 Å². The lowest BCUT2D eigenvalue weighted by molar-refractivity contribution is -0.137. The van der Waals surface area contributed by atoms with E-state index in [0.29, 0.717) is 0 Å². The molecule has 18 heavy (non-hydrogen) atoms. The summed E-state index contributed by atoms with van der Waals surface area (Å²) in [7, 11) is 0. The molecular formula is C13H16F3NO. The summed E-state index contributed by atoms with van der Waals surface area (Å²) >= 11 is 0. The van der Waals surface area contributed by atoms with Crippen molar-refractivity contribution in [1.29, 1.82) is 0 Å². The van der Waals surface area contributed by atoms with Gasteiger partial charge in [-0.05, 0) is 25.0 Å². The minimum absolute atomic E-state index is 0.0197. The standard InChI is InChI=1S/C13H16F3NO/c14-13(15,16)10-5-1-2-6-12(10)17-11-7-3-4-9(11)8-18/h1-2,5-6,9,11,17-18H,3-4,7-8H2. The van der Waals surface area contributed by atoms with Crippen LogP contribution in [0.4, 0.5) is 18.9 Å². The number of hydrogen-bond acceptors (Lipinski definition) is 2. The summed E-state index contributed by atoms with van der Waals surface area (Å²) in [5.41, 5.74) is -0.538. The molecule has 1 aliphatic rings. The summed E-state index contributed by atoms with van der Waals surface area (Å²) in [5, 5.41) is 12.1. The minimum atomic E-state index is -4.35. The van der Waals surface area contributed by atoms with E-state index in [0.717, 1.165) is 25.3 Å². The van der Waals surface area contributed by atoms with E-state index < -0.39 is 11.7 Å². The molecule has 2 nitrogen and oxygen atoms in total. The van der Waals surface area contributed by atoms with Gasteiger partial charge in [-0.25, -0.2) is 0 Å². The van der Waals surface area contributed by atoms with E-state index >= 15 is 0 Å². The second kappa shape index (κ2) is 5.18. The third-order valence-electron chi connectivity index (χ3n) is 3.47. The summed E-state index contributed by atoms with van der Waals surface area (Å²) in [5.74, 6) is 0.0475. The largest absolute Gasteiger partial charge is 0.418 e. The number of aliphatic hydroxyl groups excluding tert-OH is 1. The lowest BCUT2D eigenvalue weighted by atomic mass is 10.0. The van der Waals surface area contributed by atoms with Gasteiger partial charge in [-0.3, -0.25) is 0 Å². The highest BCUT2D eigenvalue weighted by Crippen LogP contribution is 2.36. The normalized spacial score (nSPS) is 24.2. The molecule has 1 saturated carbocycles. The van der Waals surface area contributed by atoms with Crippen molar-refractivity contribution in [3.63, 3.8) is 0 Å². The second-order valence-corrected chi connectivity index (χ2v) is 4.67. The van der Waals surface area contributed by atoms with Crippen LogP contribution < -0.4 is 5.32 Å². The molecule has 0 heterocycles. The Balaban J connectivity index is 2.19. The Morgan fingerprint density at radius 1 is 1.22 bits per heavy atom. The first-order valence-electron chi connectivity index (χ1n) is 6.06. The summed E-state index contributed by atoms with van der Waals surface area (Å²) < 4.78 is 38.4. The van der Waals surface area contributed by atoms with Crippen LogP contribution in [0.2, 0.25) is 0 Å². The molecule has 0 saturated heterocycles. The predicted octanol–water partition coefficient (Wildman–Crippen LogP) is 3.28. The second-order valence-electron chi connectivity index (χ2n) is 4.67. The van der Waals surface area contributed by atoms with Gasteiger partial charge in [0.2, 0.25) is 0 Å². The van der Waals surface area contributed by atoms with Crippen molar-refractivity contribution in [2.45, 2.75) is 31.5 Å². The molecule has 0 radical (unpaired) electrons. The Bertz CT molecular complexity index is 405. The first kappa shape index (κ1) is 13.2. The molecule has 0 spiro atoms. The maximum atomic E-state index is 12.8. The molecule has 1 aromatic rings. The number of halogens is 3. The van der Waals surface area contributed by atoms with Crippen LogP contribution in [0.3, 0.4) is 0 Å². The SMILES string of the molecule is OCC1CCCC1Nc1ccccc1C(F)(F)F. The summed E-state index contributed by atoms with van der Waals surface area (Å²) in [4.78, 5) is 0. The number of para-hydroxylation sites is 1. The fourth-order valence-electron chi connectivity index (χ4n) is 2.50. The van der Waals surface area contributed by atoms with Gasteiger partial charge in [0, 0.05) is 24.3 Å². The van der Waals surface area contributed by atoms with Crippen molar-refractivity contribution in [3.05, 3.63) is 29.8 Å². The Labute approximate surface area is 104 Å². The Hall–Kier alpha value is -1.23. The van der Waals surface area contributed by atoms with Gasteiger partial charge in [0.15, 0.2) is 0 Å². The van der Waals surface area contributed by atoms with Gasteiger partial charge in [0.1, 0.15) is 0 Å². The number of anilines is 1. The molecule has 0 aromatic heterocycles. The number of benzene rings is 1. The Morgan fingerprint density at radius 2 is 1.94 bits per heavy atom. The monoisotopic (exact) mass is 259 g/mol. The lowest BCUT2D eigenvalue weighted by Crippen LogP contribution is -2.27. The zero-order valence-electron chi connectivity index (χ0n) is 9.87. The van der Waals surface area contributed by atoms with Crippen LogP contribution in [0.5, 0.6) is 0 Å². The van der Waals surface area contributed by atoms with Crippen molar-refractivity contribution in [2.75, 3.05) is 11.9 Å². The average molecular weight is 259 g/mol. The third-order valence-corrected chi connectivity index (χ3v) is 3.47. The maximum Gasteiger partial charge on any atom is 0.418 e. The van der Waals surface area contributed by atoms with Crippen molar-refractivity contribution in [3.8, 4) is 0 Å². The summed E-state index contributed by atoms with van der Waals surface area (Å²) in [6.07, 6.45) is -1.74. The molecule has 2 rings (SSSR count). The molecule has 0 aliphatic heterocycles. The van der Waals surface area contributed by atoms with Gasteiger partial charge >= 0.3 is 6.18 Å². The fourth-order valence-corrected chi connectivity index (χ4v) is 2.50. The van der Waals surface area contributed by atoms with Gasteiger partial charge in [0.25, 0.3) is 0 Å². The highest BCUT2D eigenvalue weighted by molar-refractivity contribution is 5.53. The van der Waals surface area contributed by atoms with Crippen molar-refractivity contribution in [2.24, 2.45) is 5.92 Å². The van der Waals surface area contributed by atoms with Crippen LogP contribution in [-0.4, -0.2) is 17.8 Å². The Kier molecular flexibility index (Phi) is 3.80. The van der Waals surface area contributed by atoms with E-state index in [4.69, 9.17) is 0 Å². The molecule has 1 aromatic carbocycles. The van der Waals surface area contributed by atoms with Crippen molar-refractivity contribution < 1.29 is 18.3 Å². The Morgan fingerprint density at radius 3 is 2.61 bits per heavy atom. The third kappa shape index (κ3) is 2.77. The number of hydrogen-bond donors (Lipinski definition) is 2. The van der Waals surface area contributed by atoms with Gasteiger partial charge in [0.05, 0.1) is 5.56 Å². The van der Waals surface area contributed by atoms with Crippen molar-refractivity contribution in [1.82, 2.24) is 0 Å². The van der Waals surface area contributed by atoms with E-state index in [1.165, 1.54) is 12.1 Å². The molecule has 0 bridgehead atoms. The zero-order valence-corrected chi connectivity index (χ0v) is 9.87. The summed E-state index contributed by atoms with van der Waals surface area (Å²) in [6, 6.07) is 5.41. The molecular weight excluding hydrogens is 243 g/mol. The van der Waals surface area contributed by atoms with E-state index in [1.807, 2.05) is 0 Å². The van der Waals surface area contributed by atoms with Crippen molar-refractivity contribution >= 4 is 5.69 Å². The average Bonchev–Trinajstić information content (AvgIpc) is 2.75. The first-order chi connectivity index (χ1) is 8.52. The van der Waals surface area contributed by atoms with E-state index in [2.05, 4.69) is 5.32 Å². The molecule has 1 fully saturated rings. The highest BCUT2D eigenvalue weighted by Gasteiger charge is 2.35. The maximum absolute atomic E-state index is 12.8. The van der Waals surface area contributed by atoms with Crippen LogP contribution in [0.15, 0.2) is 24.3 Å². The smallest absolute Gasteiger partial charge is 0.396 e. The topological polar surface area (TPSA) is 32.3 Å². The highest BCUT2D eigenvalue weighted by atomic mass is 19.4. The van der Waals surface area contributed by atoms with Crippen LogP contribution in [0, 0.1) is 5.92 Å². The molecule has 2 N–H and O–H groups in total. The number of aliphatic hydroxyl groups is 1. The van der Waals surface area contributed by atoms with Crippen LogP contribution in [-0.2, 0) is 6.18 Å². The van der Waals surface area contributed by atoms with Gasteiger partial charge < -0.3 is 10.4 Å². The molecule has 2 atom stereocenters. The molecule has 100 valence electrons. The fraction of sp³-hybridized carbons (Fsp3) is 0.538. The van der Waals surface area contributed by atoms with Crippen LogP contribution in [0.25, 0.3) is 0 Å². The lowest BCUT2D eigenvalue weighted by Gasteiger charge is -2.22. The quantitative estimate of drug-likeness (QED) is 0.873. The van der Waals surface area contributed by atoms with Crippen LogP contribution in [0.1, 0.15) is 24.8 Å². The van der Waals surface area contributed by atoms with E-state index in [1.54, 1.807) is 6.07 Å². The zero-order chi connectivity index (χ0) is 13.2. The number of alkyl halides is 3. The molecule has 5 heteroatoms. The molecule has 0 amide bonds. The van der Waals surface area contributed by atoms with E-state index in [-0.39, 0.29) is 24.3 Å². The number of nitrogens with one attached hydrogen (secondary N) is 1. The van der Waals surface area contributed by atoms with Gasteiger partial charge in [-0.1, -0.05) is 18.6 Å². The first-order valence-corrected chi connectivity index (χ1v) is 6.06. The summed E-state index contributed by atoms with van der Waals surface area (Å²) in [6.45, 7) is 0.0197. The van der Waals surface area contributed by atoms with Crippen LogP contribution >= 0.6 is 0 Å². The van der Waals surface area contributed by atoms with Gasteiger partial charge in [-0.15, -0.1) is 0 Å². The molecule has 2 unspecified atom stereocenters.